The highest BCUT2D eigenvalue weighted by atomic mass is 32.1. The Kier molecular flexibility index (Phi) is 10.8. The number of thiol groups is 1. The highest BCUT2D eigenvalue weighted by molar-refractivity contribution is 7.80. The van der Waals surface area contributed by atoms with Gasteiger partial charge in [-0.25, -0.2) is 14.8 Å². The molecule has 1 aromatic carbocycles. The maximum absolute atomic E-state index is 14.0. The van der Waals surface area contributed by atoms with Gasteiger partial charge < -0.3 is 26.2 Å². The van der Waals surface area contributed by atoms with Crippen LogP contribution in [0.5, 0.6) is 0 Å². The first-order chi connectivity index (χ1) is 18.1. The molecule has 4 N–H and O–H groups in total. The Bertz CT molecular complexity index is 1060. The van der Waals surface area contributed by atoms with Gasteiger partial charge in [-0.3, -0.25) is 4.79 Å². The van der Waals surface area contributed by atoms with E-state index in [-0.39, 0.29) is 35.4 Å². The van der Waals surface area contributed by atoms with Crippen LogP contribution in [0.2, 0.25) is 0 Å². The Morgan fingerprint density at radius 1 is 1.18 bits per heavy atom. The number of hydrogen-bond acceptors (Lipinski definition) is 7. The molecule has 1 aliphatic heterocycles. The second-order valence-corrected chi connectivity index (χ2v) is 11.7. The normalized spacial score (nSPS) is 17.7. The third-order valence-corrected chi connectivity index (χ3v) is 6.59. The molecule has 1 aromatic heterocycles. The SMILES string of the molecule is CC(C)CN(C(=O)c1cnc(C(C)(C)C)nc1NCCCS)[C@@H]1CNC[C@H](NC(=O)Nc2ccccc2)C1. The third-order valence-electron chi connectivity index (χ3n) is 6.27. The van der Waals surface area contributed by atoms with Crippen molar-refractivity contribution in [2.75, 3.05) is 42.6 Å². The quantitative estimate of drug-likeness (QED) is 0.228. The molecule has 3 amide bonds. The fraction of sp³-hybridized carbons (Fsp3) is 0.571. The molecule has 38 heavy (non-hydrogen) atoms. The lowest BCUT2D eigenvalue weighted by atomic mass is 9.95. The molecule has 0 radical (unpaired) electrons. The van der Waals surface area contributed by atoms with Crippen molar-refractivity contribution in [2.24, 2.45) is 5.92 Å². The van der Waals surface area contributed by atoms with E-state index in [1.54, 1.807) is 6.20 Å². The average molecular weight is 542 g/mol. The summed E-state index contributed by atoms with van der Waals surface area (Å²) in [6, 6.07) is 8.89. The Hall–Kier alpha value is -2.85. The lowest BCUT2D eigenvalue weighted by molar-refractivity contribution is 0.0605. The number of piperidine rings is 1. The summed E-state index contributed by atoms with van der Waals surface area (Å²) in [5.41, 5.74) is 0.958. The van der Waals surface area contributed by atoms with Crippen molar-refractivity contribution >= 4 is 36.1 Å². The van der Waals surface area contributed by atoms with Gasteiger partial charge >= 0.3 is 6.03 Å². The molecule has 1 saturated heterocycles. The summed E-state index contributed by atoms with van der Waals surface area (Å²) in [4.78, 5) is 37.9. The zero-order chi connectivity index (χ0) is 27.7. The molecular weight excluding hydrogens is 498 g/mol. The zero-order valence-corrected chi connectivity index (χ0v) is 24.1. The number of amides is 3. The predicted molar refractivity (Wildman–Crippen MR) is 157 cm³/mol. The molecule has 0 aliphatic carbocycles. The number of carbonyl (C=O) groups excluding carboxylic acids is 2. The smallest absolute Gasteiger partial charge is 0.319 e. The van der Waals surface area contributed by atoms with Crippen LogP contribution in [0.1, 0.15) is 63.6 Å². The Morgan fingerprint density at radius 2 is 1.92 bits per heavy atom. The first-order valence-corrected chi connectivity index (χ1v) is 14.1. The lowest BCUT2D eigenvalue weighted by Gasteiger charge is -2.39. The van der Waals surface area contributed by atoms with Crippen LogP contribution >= 0.6 is 12.6 Å². The molecule has 0 bridgehead atoms. The minimum Gasteiger partial charge on any atom is -0.369 e. The van der Waals surface area contributed by atoms with Crippen LogP contribution in [0.25, 0.3) is 0 Å². The molecule has 2 atom stereocenters. The van der Waals surface area contributed by atoms with Crippen molar-refractivity contribution in [3.8, 4) is 0 Å². The van der Waals surface area contributed by atoms with Gasteiger partial charge in [0.05, 0.1) is 0 Å². The van der Waals surface area contributed by atoms with Crippen LogP contribution in [0.4, 0.5) is 16.3 Å². The topological polar surface area (TPSA) is 111 Å². The fourth-order valence-corrected chi connectivity index (χ4v) is 4.57. The van der Waals surface area contributed by atoms with Gasteiger partial charge in [0.25, 0.3) is 5.91 Å². The molecule has 208 valence electrons. The van der Waals surface area contributed by atoms with Gasteiger partial charge in [-0.2, -0.15) is 12.6 Å². The van der Waals surface area contributed by atoms with Gasteiger partial charge in [-0.1, -0.05) is 52.8 Å². The number of rotatable bonds is 10. The van der Waals surface area contributed by atoms with E-state index in [9.17, 15) is 9.59 Å². The maximum Gasteiger partial charge on any atom is 0.319 e. The summed E-state index contributed by atoms with van der Waals surface area (Å²) in [6.07, 6.45) is 3.16. The summed E-state index contributed by atoms with van der Waals surface area (Å²) in [7, 11) is 0. The number of para-hydroxylation sites is 1. The van der Waals surface area contributed by atoms with Crippen LogP contribution in [0.15, 0.2) is 36.5 Å². The van der Waals surface area contributed by atoms with Gasteiger partial charge in [-0.15, -0.1) is 0 Å². The number of carbonyl (C=O) groups is 2. The summed E-state index contributed by atoms with van der Waals surface area (Å²) in [6.45, 7) is 12.9. The Balaban J connectivity index is 1.79. The third kappa shape index (κ3) is 8.59. The molecule has 1 fully saturated rings. The highest BCUT2D eigenvalue weighted by Crippen LogP contribution is 2.24. The molecule has 9 nitrogen and oxygen atoms in total. The van der Waals surface area contributed by atoms with E-state index in [0.29, 0.717) is 49.8 Å². The van der Waals surface area contributed by atoms with Crippen molar-refractivity contribution in [1.29, 1.82) is 0 Å². The van der Waals surface area contributed by atoms with E-state index in [2.05, 4.69) is 73.5 Å². The van der Waals surface area contributed by atoms with Crippen LogP contribution in [0.3, 0.4) is 0 Å². The first-order valence-electron chi connectivity index (χ1n) is 13.4. The number of nitrogens with one attached hydrogen (secondary N) is 4. The number of aromatic nitrogens is 2. The largest absolute Gasteiger partial charge is 0.369 e. The number of hydrogen-bond donors (Lipinski definition) is 5. The second-order valence-electron chi connectivity index (χ2n) is 11.3. The predicted octanol–water partition coefficient (Wildman–Crippen LogP) is 4.16. The lowest BCUT2D eigenvalue weighted by Crippen LogP contribution is -2.58. The van der Waals surface area contributed by atoms with Crippen LogP contribution in [-0.2, 0) is 5.41 Å². The summed E-state index contributed by atoms with van der Waals surface area (Å²) >= 11 is 4.31. The molecule has 0 saturated carbocycles. The van der Waals surface area contributed by atoms with E-state index < -0.39 is 0 Å². The summed E-state index contributed by atoms with van der Waals surface area (Å²) in [5.74, 6) is 2.15. The fourth-order valence-electron chi connectivity index (χ4n) is 4.41. The van der Waals surface area contributed by atoms with Crippen molar-refractivity contribution < 1.29 is 9.59 Å². The monoisotopic (exact) mass is 541 g/mol. The zero-order valence-electron chi connectivity index (χ0n) is 23.3. The van der Waals surface area contributed by atoms with Crippen molar-refractivity contribution in [2.45, 2.75) is 65.0 Å². The van der Waals surface area contributed by atoms with Crippen LogP contribution in [0, 0.1) is 5.92 Å². The number of anilines is 2. The van der Waals surface area contributed by atoms with E-state index in [0.717, 1.165) is 17.9 Å². The maximum atomic E-state index is 14.0. The standard InChI is InChI=1S/C28H43N7O2S/c1-19(2)18-35(22-14-21(15-29-16-22)33-27(37)32-20-10-7-6-8-11-20)25(36)23-17-31-26(28(3,4)5)34-24(23)30-12-9-13-38/h6-8,10-11,17,19,21-22,29,38H,9,12-16,18H2,1-5H3,(H,30,31,34)(H2,32,33,37)/t21-,22+/m1/s1. The molecule has 2 heterocycles. The highest BCUT2D eigenvalue weighted by Gasteiger charge is 2.33. The van der Waals surface area contributed by atoms with Gasteiger partial charge in [0.15, 0.2) is 0 Å². The first kappa shape index (κ1) is 29.7. The molecule has 0 spiro atoms. The molecule has 3 rings (SSSR count). The van der Waals surface area contributed by atoms with E-state index in [4.69, 9.17) is 4.98 Å². The summed E-state index contributed by atoms with van der Waals surface area (Å²) in [5, 5.41) is 12.7. The Morgan fingerprint density at radius 3 is 2.58 bits per heavy atom. The van der Waals surface area contributed by atoms with Crippen molar-refractivity contribution in [3.63, 3.8) is 0 Å². The molecule has 10 heteroatoms. The molecule has 1 aliphatic rings. The minimum absolute atomic E-state index is 0.0896. The van der Waals surface area contributed by atoms with Crippen molar-refractivity contribution in [1.82, 2.24) is 25.5 Å². The van der Waals surface area contributed by atoms with Gasteiger partial charge in [-0.05, 0) is 36.6 Å². The van der Waals surface area contributed by atoms with Gasteiger partial charge in [0.2, 0.25) is 0 Å². The van der Waals surface area contributed by atoms with Crippen molar-refractivity contribution in [3.05, 3.63) is 47.9 Å². The van der Waals surface area contributed by atoms with Crippen LogP contribution < -0.4 is 21.3 Å². The average Bonchev–Trinajstić information content (AvgIpc) is 2.87. The van der Waals surface area contributed by atoms with Gasteiger partial charge in [0, 0.05) is 55.6 Å². The summed E-state index contributed by atoms with van der Waals surface area (Å²) < 4.78 is 0. The van der Waals surface area contributed by atoms with Crippen LogP contribution in [-0.4, -0.2) is 70.8 Å². The molecule has 0 unspecified atom stereocenters. The number of nitrogens with zero attached hydrogens (tertiary/aromatic N) is 3. The molecular formula is C28H43N7O2S. The number of urea groups is 1. The van der Waals surface area contributed by atoms with E-state index in [1.165, 1.54) is 0 Å². The van der Waals surface area contributed by atoms with E-state index >= 15 is 0 Å². The van der Waals surface area contributed by atoms with E-state index in [1.807, 2.05) is 35.2 Å². The Labute approximate surface area is 232 Å². The molecule has 2 aromatic rings. The minimum atomic E-state index is -0.257. The van der Waals surface area contributed by atoms with Gasteiger partial charge in [0.1, 0.15) is 17.2 Å². The number of benzene rings is 1. The second kappa shape index (κ2) is 13.8.